The first-order valence-electron chi connectivity index (χ1n) is 8.91. The molecule has 29 heavy (non-hydrogen) atoms. The number of nitrogens with two attached hydrogens (primary N) is 1. The van der Waals surface area contributed by atoms with Crippen LogP contribution in [0.2, 0.25) is 10.0 Å². The number of esters is 1. The van der Waals surface area contributed by atoms with Crippen molar-refractivity contribution in [3.63, 3.8) is 0 Å². The molecule has 0 saturated carbocycles. The van der Waals surface area contributed by atoms with Crippen LogP contribution in [0.3, 0.4) is 0 Å². The molecule has 9 heteroatoms. The molecule has 0 atom stereocenters. The highest BCUT2D eigenvalue weighted by Crippen LogP contribution is 2.33. The Morgan fingerprint density at radius 3 is 2.66 bits per heavy atom. The summed E-state index contributed by atoms with van der Waals surface area (Å²) in [6, 6.07) is 12.6. The molecule has 3 rings (SSSR count). The van der Waals surface area contributed by atoms with E-state index < -0.39 is 0 Å². The summed E-state index contributed by atoms with van der Waals surface area (Å²) in [4.78, 5) is 16.4. The van der Waals surface area contributed by atoms with Crippen molar-refractivity contribution < 1.29 is 15.0 Å². The van der Waals surface area contributed by atoms with Crippen molar-refractivity contribution in [3.8, 4) is 0 Å². The second-order valence-electron chi connectivity index (χ2n) is 6.28. The number of rotatable bonds is 8. The van der Waals surface area contributed by atoms with E-state index in [4.69, 9.17) is 27.9 Å². The highest BCUT2D eigenvalue weighted by atomic mass is 35.5. The van der Waals surface area contributed by atoms with Gasteiger partial charge >= 0.3 is 5.97 Å². The minimum atomic E-state index is -0.380. The number of halogens is 2. The second-order valence-corrected chi connectivity index (χ2v) is 7.09. The molecule has 0 aliphatic rings. The van der Waals surface area contributed by atoms with Crippen LogP contribution in [0.25, 0.3) is 0 Å². The summed E-state index contributed by atoms with van der Waals surface area (Å²) in [5, 5.41) is 15.2. The van der Waals surface area contributed by atoms with Crippen LogP contribution in [0.1, 0.15) is 11.4 Å². The number of aromatic nitrogens is 2. The molecule has 1 aromatic heterocycles. The lowest BCUT2D eigenvalue weighted by atomic mass is 10.1. The third-order valence-electron chi connectivity index (χ3n) is 4.36. The molecule has 0 spiro atoms. The van der Waals surface area contributed by atoms with E-state index in [-0.39, 0.29) is 19.0 Å². The molecule has 0 bridgehead atoms. The number of anilines is 2. The Kier molecular flexibility index (Phi) is 7.11. The Hall–Kier alpha value is -2.58. The third kappa shape index (κ3) is 5.27. The van der Waals surface area contributed by atoms with Gasteiger partial charge in [0.25, 0.3) is 0 Å². The van der Waals surface area contributed by atoms with E-state index in [2.05, 4.69) is 10.3 Å². The normalized spacial score (nSPS) is 10.8. The minimum absolute atomic E-state index is 0.0781. The second kappa shape index (κ2) is 9.76. The first-order valence-corrected chi connectivity index (χ1v) is 9.67. The monoisotopic (exact) mass is 434 g/mol. The van der Waals surface area contributed by atoms with Crippen molar-refractivity contribution in [2.24, 2.45) is 0 Å². The predicted molar refractivity (Wildman–Crippen MR) is 113 cm³/mol. The molecule has 3 aromatic rings. The smallest absolute Gasteiger partial charge is 0.310 e. The fourth-order valence-corrected chi connectivity index (χ4v) is 3.37. The van der Waals surface area contributed by atoms with Gasteiger partial charge in [-0.25, -0.2) is 4.98 Å². The van der Waals surface area contributed by atoms with Gasteiger partial charge in [-0.2, -0.15) is 0 Å². The lowest BCUT2D eigenvalue weighted by molar-refractivity contribution is -0.503. The number of carbonyl (C=O) groups excluding carboxylic acids is 1. The maximum Gasteiger partial charge on any atom is 0.310 e. The number of nitrogens with one attached hydrogen (secondary N) is 1. The van der Waals surface area contributed by atoms with Crippen molar-refractivity contribution in [3.05, 3.63) is 75.3 Å². The van der Waals surface area contributed by atoms with Crippen LogP contribution in [0.15, 0.2) is 48.7 Å². The topological polar surface area (TPSA) is 95.8 Å². The number of para-hydroxylation sites is 2. The fraction of sp³-hybridized carbons (Fsp3) is 0.200. The van der Waals surface area contributed by atoms with Crippen LogP contribution in [-0.2, 0) is 22.5 Å². The Labute approximate surface area is 178 Å². The van der Waals surface area contributed by atoms with Crippen LogP contribution in [0.5, 0.6) is 0 Å². The van der Waals surface area contributed by atoms with Gasteiger partial charge in [0.05, 0.1) is 28.7 Å². The van der Waals surface area contributed by atoms with E-state index in [1.807, 2.05) is 24.3 Å². The number of carbonyl (C=O) groups is 1. The molecule has 1 heterocycles. The molecule has 7 nitrogen and oxygen atoms in total. The first-order chi connectivity index (χ1) is 14.0. The summed E-state index contributed by atoms with van der Waals surface area (Å²) >= 11 is 12.4. The molecule has 0 aliphatic carbocycles. The van der Waals surface area contributed by atoms with Crippen molar-refractivity contribution in [2.45, 2.75) is 19.9 Å². The largest absolute Gasteiger partial charge is 0.629 e. The highest BCUT2D eigenvalue weighted by molar-refractivity contribution is 6.39. The first kappa shape index (κ1) is 21.1. The molecule has 2 aromatic carbocycles. The number of nitrogens with zero attached hydrogens (tertiary/aromatic N) is 2. The van der Waals surface area contributed by atoms with Crippen LogP contribution < -0.4 is 10.8 Å². The van der Waals surface area contributed by atoms with Crippen molar-refractivity contribution in [1.29, 1.82) is 0 Å². The SMILES string of the molecule is Cc1ncc([NH2+][O-])n1CCOC(=O)Cc1ccccc1Nc1c(Cl)cccc1Cl. The van der Waals surface area contributed by atoms with Gasteiger partial charge in [-0.3, -0.25) is 9.36 Å². The Balaban J connectivity index is 1.63. The molecule has 0 radical (unpaired) electrons. The van der Waals surface area contributed by atoms with Gasteiger partial charge in [-0.05, 0) is 30.7 Å². The molecule has 0 aliphatic heterocycles. The molecule has 0 unspecified atom stereocenters. The summed E-state index contributed by atoms with van der Waals surface area (Å²) in [5.41, 5.74) is 2.77. The molecule has 152 valence electrons. The minimum Gasteiger partial charge on any atom is -0.629 e. The zero-order valence-electron chi connectivity index (χ0n) is 15.7. The summed E-state index contributed by atoms with van der Waals surface area (Å²) < 4.78 is 7.05. The summed E-state index contributed by atoms with van der Waals surface area (Å²) in [6.45, 7) is 2.29. The number of hydrogen-bond donors (Lipinski definition) is 2. The van der Waals surface area contributed by atoms with E-state index in [0.717, 1.165) is 11.0 Å². The summed E-state index contributed by atoms with van der Waals surface area (Å²) in [7, 11) is 0. The van der Waals surface area contributed by atoms with Gasteiger partial charge in [0.15, 0.2) is 0 Å². The maximum absolute atomic E-state index is 12.3. The molecular weight excluding hydrogens is 415 g/mol. The zero-order valence-corrected chi connectivity index (χ0v) is 17.2. The number of ether oxygens (including phenoxy) is 1. The van der Waals surface area contributed by atoms with Crippen LogP contribution in [0.4, 0.5) is 17.2 Å². The molecule has 3 N–H and O–H groups in total. The molecule has 0 fully saturated rings. The lowest BCUT2D eigenvalue weighted by Gasteiger charge is -2.14. The quantitative estimate of drug-likeness (QED) is 0.415. The van der Waals surface area contributed by atoms with Gasteiger partial charge in [0.2, 0.25) is 5.82 Å². The maximum atomic E-state index is 12.3. The van der Waals surface area contributed by atoms with Crippen molar-refractivity contribution in [2.75, 3.05) is 11.9 Å². The standard InChI is InChI=1S/C20H20Cl2N4O3/c1-13-23-12-18(25-28)26(13)9-10-29-19(27)11-14-5-2-3-8-17(14)24-20-15(21)6-4-7-16(20)22/h2-8,12,24H,9-11,25H2,1H3. The Morgan fingerprint density at radius 1 is 1.21 bits per heavy atom. The fourth-order valence-electron chi connectivity index (χ4n) is 2.88. The van der Waals surface area contributed by atoms with Crippen molar-refractivity contribution >= 4 is 46.4 Å². The number of quaternary nitrogens is 1. The van der Waals surface area contributed by atoms with E-state index in [0.29, 0.717) is 39.6 Å². The highest BCUT2D eigenvalue weighted by Gasteiger charge is 2.13. The Morgan fingerprint density at radius 2 is 1.93 bits per heavy atom. The number of imidazole rings is 1. The Bertz CT molecular complexity index is 987. The average molecular weight is 435 g/mol. The lowest BCUT2D eigenvalue weighted by Crippen LogP contribution is -2.71. The number of hydrogen-bond acceptors (Lipinski definition) is 5. The van der Waals surface area contributed by atoms with E-state index in [1.165, 1.54) is 6.20 Å². The van der Waals surface area contributed by atoms with Gasteiger partial charge in [0.1, 0.15) is 18.6 Å². The van der Waals surface area contributed by atoms with E-state index in [9.17, 15) is 10.0 Å². The number of benzene rings is 2. The van der Waals surface area contributed by atoms with E-state index in [1.54, 1.807) is 29.7 Å². The molecule has 0 amide bonds. The molecular formula is C20H20Cl2N4O3. The van der Waals surface area contributed by atoms with Gasteiger partial charge in [0, 0.05) is 5.69 Å². The average Bonchev–Trinajstić information content (AvgIpc) is 3.06. The van der Waals surface area contributed by atoms with Crippen molar-refractivity contribution in [1.82, 2.24) is 9.55 Å². The summed E-state index contributed by atoms with van der Waals surface area (Å²) in [5.74, 6) is 0.758. The third-order valence-corrected chi connectivity index (χ3v) is 4.99. The molecule has 0 saturated heterocycles. The van der Waals surface area contributed by atoms with E-state index >= 15 is 0 Å². The zero-order chi connectivity index (χ0) is 20.8. The van der Waals surface area contributed by atoms with Gasteiger partial charge in [-0.1, -0.05) is 47.5 Å². The van der Waals surface area contributed by atoms with Crippen LogP contribution in [0, 0.1) is 12.1 Å². The number of aryl methyl sites for hydroxylation is 1. The predicted octanol–water partition coefficient (Wildman–Crippen LogP) is 3.72. The van der Waals surface area contributed by atoms with Gasteiger partial charge in [-0.15, -0.1) is 0 Å². The summed E-state index contributed by atoms with van der Waals surface area (Å²) in [6.07, 6.45) is 1.57. The van der Waals surface area contributed by atoms with Gasteiger partial charge < -0.3 is 20.7 Å². The van der Waals surface area contributed by atoms with Crippen LogP contribution in [-0.4, -0.2) is 22.1 Å². The van der Waals surface area contributed by atoms with Crippen LogP contribution >= 0.6 is 23.2 Å².